The van der Waals surface area contributed by atoms with Crippen LogP contribution in [0.15, 0.2) is 6.20 Å². The average Bonchev–Trinajstić information content (AvgIpc) is 2.42. The van der Waals surface area contributed by atoms with Crippen molar-refractivity contribution in [3.63, 3.8) is 0 Å². The van der Waals surface area contributed by atoms with E-state index in [4.69, 9.17) is 10.2 Å². The monoisotopic (exact) mass is 188 g/mol. The second-order valence-electron chi connectivity index (χ2n) is 2.77. The van der Waals surface area contributed by atoms with Crippen LogP contribution in [-0.4, -0.2) is 42.9 Å². The Bertz CT molecular complexity index is 286. The summed E-state index contributed by atoms with van der Waals surface area (Å²) >= 11 is 0. The van der Waals surface area contributed by atoms with E-state index in [1.165, 1.54) is 10.9 Å². The third-order valence-corrected chi connectivity index (χ3v) is 1.67. The highest BCUT2D eigenvalue weighted by Gasteiger charge is 2.23. The molecule has 0 radical (unpaired) electrons. The van der Waals surface area contributed by atoms with E-state index < -0.39 is 18.8 Å². The number of nitrogens with zero attached hydrogens (tertiary/aromatic N) is 2. The smallest absolute Gasteiger partial charge is 0.159 e. The van der Waals surface area contributed by atoms with Crippen molar-refractivity contribution in [2.45, 2.75) is 12.2 Å². The Morgan fingerprint density at radius 2 is 2.15 bits per heavy atom. The minimum absolute atomic E-state index is 0.0379. The molecule has 0 aliphatic heterocycles. The first kappa shape index (κ1) is 9.97. The third kappa shape index (κ3) is 1.97. The van der Waals surface area contributed by atoms with E-state index in [0.717, 1.165) is 0 Å². The molecule has 74 valence electrons. The van der Waals surface area contributed by atoms with Crippen molar-refractivity contribution in [3.05, 3.63) is 11.9 Å². The van der Waals surface area contributed by atoms with E-state index in [1.54, 1.807) is 7.05 Å². The Kier molecular flexibility index (Phi) is 2.86. The van der Waals surface area contributed by atoms with Crippen molar-refractivity contribution < 1.29 is 20.4 Å². The predicted octanol–water partition coefficient (Wildman–Crippen LogP) is -1.49. The molecule has 1 aromatic heterocycles. The molecule has 0 aliphatic rings. The summed E-state index contributed by atoms with van der Waals surface area (Å²) in [6.45, 7) is -0.586. The van der Waals surface area contributed by atoms with E-state index in [2.05, 4.69) is 5.10 Å². The Balaban J connectivity index is 2.87. The zero-order valence-electron chi connectivity index (χ0n) is 7.12. The van der Waals surface area contributed by atoms with Gasteiger partial charge in [0.05, 0.1) is 12.8 Å². The van der Waals surface area contributed by atoms with E-state index >= 15 is 0 Å². The molecule has 1 aromatic rings. The molecule has 0 amide bonds. The molecule has 0 unspecified atom stereocenters. The standard InChI is InChI=1S/C7H12N2O4/c1-9-2-4(11)6(8-9)7(13)5(12)3-10/h2,5,7,10-13H,3H2,1H3/t5-,7-/m1/s1. The SMILES string of the molecule is Cn1cc(O)c([C@H](O)[C@H](O)CO)n1. The lowest BCUT2D eigenvalue weighted by atomic mass is 10.1. The highest BCUT2D eigenvalue weighted by Crippen LogP contribution is 2.23. The first-order valence-electron chi connectivity index (χ1n) is 3.75. The molecule has 0 fully saturated rings. The molecular weight excluding hydrogens is 176 g/mol. The fraction of sp³-hybridized carbons (Fsp3) is 0.571. The number of aryl methyl sites for hydroxylation is 1. The lowest BCUT2D eigenvalue weighted by molar-refractivity contribution is -0.0184. The van der Waals surface area contributed by atoms with Gasteiger partial charge in [-0.1, -0.05) is 0 Å². The highest BCUT2D eigenvalue weighted by atomic mass is 16.4. The molecule has 0 saturated carbocycles. The molecule has 4 N–H and O–H groups in total. The maximum absolute atomic E-state index is 9.34. The summed E-state index contributed by atoms with van der Waals surface area (Å²) in [6.07, 6.45) is -1.41. The van der Waals surface area contributed by atoms with Crippen LogP contribution in [0.2, 0.25) is 0 Å². The zero-order valence-corrected chi connectivity index (χ0v) is 7.12. The van der Waals surface area contributed by atoms with Crippen LogP contribution in [0.1, 0.15) is 11.8 Å². The molecule has 1 rings (SSSR count). The van der Waals surface area contributed by atoms with Gasteiger partial charge in [-0.3, -0.25) is 4.68 Å². The summed E-state index contributed by atoms with van der Waals surface area (Å²) in [6, 6.07) is 0. The van der Waals surface area contributed by atoms with Gasteiger partial charge in [0.1, 0.15) is 17.9 Å². The van der Waals surface area contributed by atoms with Gasteiger partial charge < -0.3 is 20.4 Å². The van der Waals surface area contributed by atoms with Crippen LogP contribution in [0.4, 0.5) is 0 Å². The van der Waals surface area contributed by atoms with Crippen LogP contribution in [0.5, 0.6) is 5.75 Å². The molecule has 6 heteroatoms. The van der Waals surface area contributed by atoms with Gasteiger partial charge in [-0.25, -0.2) is 0 Å². The summed E-state index contributed by atoms with van der Waals surface area (Å²) < 4.78 is 1.30. The summed E-state index contributed by atoms with van der Waals surface area (Å²) in [4.78, 5) is 0. The van der Waals surface area contributed by atoms with Gasteiger partial charge >= 0.3 is 0 Å². The summed E-state index contributed by atoms with van der Waals surface area (Å²) in [5, 5.41) is 39.9. The van der Waals surface area contributed by atoms with Crippen molar-refractivity contribution in [2.75, 3.05) is 6.61 Å². The number of rotatable bonds is 3. The first-order chi connectivity index (χ1) is 6.06. The fourth-order valence-electron chi connectivity index (χ4n) is 0.986. The maximum Gasteiger partial charge on any atom is 0.159 e. The van der Waals surface area contributed by atoms with Gasteiger partial charge in [0.15, 0.2) is 5.75 Å². The number of aliphatic hydroxyl groups is 3. The van der Waals surface area contributed by atoms with E-state index in [0.29, 0.717) is 0 Å². The molecule has 0 saturated heterocycles. The van der Waals surface area contributed by atoms with Crippen LogP contribution in [0.3, 0.4) is 0 Å². The van der Waals surface area contributed by atoms with Crippen molar-refractivity contribution >= 4 is 0 Å². The number of hydrogen-bond donors (Lipinski definition) is 4. The van der Waals surface area contributed by atoms with Crippen molar-refractivity contribution in [1.29, 1.82) is 0 Å². The van der Waals surface area contributed by atoms with Crippen LogP contribution in [0, 0.1) is 0 Å². The number of aromatic nitrogens is 2. The Morgan fingerprint density at radius 1 is 1.54 bits per heavy atom. The molecule has 1 heterocycles. The van der Waals surface area contributed by atoms with E-state index in [-0.39, 0.29) is 11.4 Å². The minimum atomic E-state index is -1.37. The first-order valence-corrected chi connectivity index (χ1v) is 3.75. The van der Waals surface area contributed by atoms with Gasteiger partial charge in [0.2, 0.25) is 0 Å². The van der Waals surface area contributed by atoms with E-state index in [1.807, 2.05) is 0 Å². The van der Waals surface area contributed by atoms with Gasteiger partial charge in [-0.05, 0) is 0 Å². The highest BCUT2D eigenvalue weighted by molar-refractivity contribution is 5.25. The average molecular weight is 188 g/mol. The quantitative estimate of drug-likeness (QED) is 0.463. The fourth-order valence-corrected chi connectivity index (χ4v) is 0.986. The molecule has 0 bridgehead atoms. The third-order valence-electron chi connectivity index (χ3n) is 1.67. The number of aliphatic hydroxyl groups excluding tert-OH is 3. The lowest BCUT2D eigenvalue weighted by Crippen LogP contribution is -2.22. The van der Waals surface area contributed by atoms with Crippen molar-refractivity contribution in [1.82, 2.24) is 9.78 Å². The van der Waals surface area contributed by atoms with Crippen LogP contribution in [0.25, 0.3) is 0 Å². The summed E-state index contributed by atoms with van der Waals surface area (Å²) in [5.41, 5.74) is -0.0379. The van der Waals surface area contributed by atoms with Gasteiger partial charge in [-0.15, -0.1) is 0 Å². The molecule has 0 aliphatic carbocycles. The van der Waals surface area contributed by atoms with Gasteiger partial charge in [0, 0.05) is 7.05 Å². The second kappa shape index (κ2) is 3.73. The Labute approximate surface area is 74.7 Å². The lowest BCUT2D eigenvalue weighted by Gasteiger charge is -2.12. The van der Waals surface area contributed by atoms with Crippen molar-refractivity contribution in [3.8, 4) is 5.75 Å². The second-order valence-corrected chi connectivity index (χ2v) is 2.77. The molecular formula is C7H12N2O4. The topological polar surface area (TPSA) is 98.7 Å². The van der Waals surface area contributed by atoms with Crippen LogP contribution < -0.4 is 0 Å². The normalized spacial score (nSPS) is 15.7. The molecule has 0 aromatic carbocycles. The predicted molar refractivity (Wildman–Crippen MR) is 42.9 cm³/mol. The Hall–Kier alpha value is -1.11. The van der Waals surface area contributed by atoms with Crippen molar-refractivity contribution in [2.24, 2.45) is 7.05 Å². The maximum atomic E-state index is 9.34. The number of aromatic hydroxyl groups is 1. The van der Waals surface area contributed by atoms with E-state index in [9.17, 15) is 10.2 Å². The van der Waals surface area contributed by atoms with Gasteiger partial charge in [-0.2, -0.15) is 5.10 Å². The Morgan fingerprint density at radius 3 is 2.54 bits per heavy atom. The summed E-state index contributed by atoms with van der Waals surface area (Å²) in [5.74, 6) is -0.206. The molecule has 13 heavy (non-hydrogen) atoms. The minimum Gasteiger partial charge on any atom is -0.504 e. The summed E-state index contributed by atoms with van der Waals surface area (Å²) in [7, 11) is 1.57. The zero-order chi connectivity index (χ0) is 10.0. The van der Waals surface area contributed by atoms with Gasteiger partial charge in [0.25, 0.3) is 0 Å². The largest absolute Gasteiger partial charge is 0.504 e. The van der Waals surface area contributed by atoms with Crippen LogP contribution >= 0.6 is 0 Å². The molecule has 2 atom stereocenters. The number of hydrogen-bond acceptors (Lipinski definition) is 5. The van der Waals surface area contributed by atoms with Crippen LogP contribution in [-0.2, 0) is 7.05 Å². The molecule has 6 nitrogen and oxygen atoms in total. The molecule has 0 spiro atoms.